The molecule has 0 saturated carbocycles. The molecule has 2 rings (SSSR count). The number of carbonyl (C=O) groups is 1. The molecule has 23 heavy (non-hydrogen) atoms. The molecule has 0 spiro atoms. The molecule has 0 radical (unpaired) electrons. The average molecular weight is 314 g/mol. The predicted octanol–water partition coefficient (Wildman–Crippen LogP) is 3.09. The highest BCUT2D eigenvalue weighted by molar-refractivity contribution is 5.83. The van der Waals surface area contributed by atoms with Gasteiger partial charge in [0.2, 0.25) is 0 Å². The summed E-state index contributed by atoms with van der Waals surface area (Å²) in [5.41, 5.74) is 3.51. The lowest BCUT2D eigenvalue weighted by atomic mass is 9.92. The minimum absolute atomic E-state index is 0.437. The largest absolute Gasteiger partial charge is 0.494 e. The Bertz CT molecular complexity index is 599. The molecule has 0 aliphatic heterocycles. The van der Waals surface area contributed by atoms with E-state index in [1.54, 1.807) is 17.9 Å². The summed E-state index contributed by atoms with van der Waals surface area (Å²) in [6.07, 6.45) is 5.98. The van der Waals surface area contributed by atoms with Crippen molar-refractivity contribution in [3.8, 4) is 5.75 Å². The van der Waals surface area contributed by atoms with E-state index >= 15 is 0 Å². The van der Waals surface area contributed by atoms with Crippen molar-refractivity contribution in [3.05, 3.63) is 59.9 Å². The van der Waals surface area contributed by atoms with Gasteiger partial charge < -0.3 is 4.74 Å². The summed E-state index contributed by atoms with van der Waals surface area (Å²) in [7, 11) is 0. The standard InChI is InChI=1S/C18H22N2O3/c1-2-3-11-23-16-8-6-15(7-9-16)17(18(21)20-22)12-14-5-4-10-19-13-14/h4-10,13,17,22H,2-3,11-12H2,1H3,(H,20,21). The highest BCUT2D eigenvalue weighted by atomic mass is 16.5. The van der Waals surface area contributed by atoms with Crippen molar-refractivity contribution in [2.45, 2.75) is 32.1 Å². The quantitative estimate of drug-likeness (QED) is 0.446. The third-order valence-electron chi connectivity index (χ3n) is 3.64. The second kappa shape index (κ2) is 8.90. The maximum Gasteiger partial charge on any atom is 0.251 e. The number of hydroxylamine groups is 1. The Labute approximate surface area is 136 Å². The smallest absolute Gasteiger partial charge is 0.251 e. The minimum atomic E-state index is -0.478. The molecule has 0 fully saturated rings. The number of rotatable bonds is 8. The van der Waals surface area contributed by atoms with Gasteiger partial charge in [0.05, 0.1) is 12.5 Å². The van der Waals surface area contributed by atoms with Crippen molar-refractivity contribution in [2.75, 3.05) is 6.61 Å². The molecule has 1 aromatic carbocycles. The molecular formula is C18H22N2O3. The molecule has 1 amide bonds. The number of nitrogens with one attached hydrogen (secondary N) is 1. The number of carbonyl (C=O) groups excluding carboxylic acids is 1. The van der Waals surface area contributed by atoms with Crippen LogP contribution in [-0.4, -0.2) is 22.7 Å². The third-order valence-corrected chi connectivity index (χ3v) is 3.64. The molecule has 1 aromatic heterocycles. The molecule has 5 heteroatoms. The molecule has 2 aromatic rings. The summed E-state index contributed by atoms with van der Waals surface area (Å²) in [6.45, 7) is 2.80. The van der Waals surface area contributed by atoms with Crippen LogP contribution >= 0.6 is 0 Å². The van der Waals surface area contributed by atoms with Crippen LogP contribution in [0.4, 0.5) is 0 Å². The van der Waals surface area contributed by atoms with Crippen LogP contribution in [0.15, 0.2) is 48.8 Å². The molecule has 2 N–H and O–H groups in total. The Balaban J connectivity index is 2.11. The van der Waals surface area contributed by atoms with E-state index in [4.69, 9.17) is 9.94 Å². The fraction of sp³-hybridized carbons (Fsp3) is 0.333. The first-order valence-corrected chi connectivity index (χ1v) is 7.80. The summed E-state index contributed by atoms with van der Waals surface area (Å²) in [4.78, 5) is 16.1. The number of aromatic nitrogens is 1. The number of unbranched alkanes of at least 4 members (excludes halogenated alkanes) is 1. The van der Waals surface area contributed by atoms with E-state index in [2.05, 4.69) is 11.9 Å². The van der Waals surface area contributed by atoms with Crippen LogP contribution in [-0.2, 0) is 11.2 Å². The molecule has 0 aliphatic carbocycles. The van der Waals surface area contributed by atoms with Gasteiger partial charge in [-0.1, -0.05) is 31.5 Å². The van der Waals surface area contributed by atoms with Gasteiger partial charge in [-0.05, 0) is 42.2 Å². The van der Waals surface area contributed by atoms with Crippen molar-refractivity contribution >= 4 is 5.91 Å². The first-order valence-electron chi connectivity index (χ1n) is 7.80. The Morgan fingerprint density at radius 3 is 2.70 bits per heavy atom. The zero-order chi connectivity index (χ0) is 16.5. The number of benzene rings is 1. The third kappa shape index (κ3) is 5.07. The Morgan fingerprint density at radius 2 is 2.09 bits per heavy atom. The number of nitrogens with zero attached hydrogens (tertiary/aromatic N) is 1. The molecule has 122 valence electrons. The molecular weight excluding hydrogens is 292 g/mol. The average Bonchev–Trinajstić information content (AvgIpc) is 2.61. The second-order valence-electron chi connectivity index (χ2n) is 5.37. The van der Waals surface area contributed by atoms with E-state index < -0.39 is 11.8 Å². The van der Waals surface area contributed by atoms with Crippen LogP contribution in [0.3, 0.4) is 0 Å². The lowest BCUT2D eigenvalue weighted by Crippen LogP contribution is -2.27. The Kier molecular flexibility index (Phi) is 6.56. The topological polar surface area (TPSA) is 71.5 Å². The maximum atomic E-state index is 12.0. The summed E-state index contributed by atoms with van der Waals surface area (Å²) in [5.74, 6) is -0.130. The zero-order valence-corrected chi connectivity index (χ0v) is 13.2. The number of hydrogen-bond acceptors (Lipinski definition) is 4. The van der Waals surface area contributed by atoms with Crippen LogP contribution in [0.5, 0.6) is 5.75 Å². The van der Waals surface area contributed by atoms with Crippen LogP contribution in [0, 0.1) is 0 Å². The van der Waals surface area contributed by atoms with Crippen molar-refractivity contribution in [3.63, 3.8) is 0 Å². The molecule has 1 unspecified atom stereocenters. The van der Waals surface area contributed by atoms with Crippen molar-refractivity contribution in [1.82, 2.24) is 10.5 Å². The van der Waals surface area contributed by atoms with Crippen LogP contribution in [0.1, 0.15) is 36.8 Å². The summed E-state index contributed by atoms with van der Waals surface area (Å²) in [5, 5.41) is 9.00. The summed E-state index contributed by atoms with van der Waals surface area (Å²) in [6, 6.07) is 11.2. The summed E-state index contributed by atoms with van der Waals surface area (Å²) >= 11 is 0. The molecule has 0 aliphatic rings. The molecule has 0 saturated heterocycles. The zero-order valence-electron chi connectivity index (χ0n) is 13.2. The van der Waals surface area contributed by atoms with Crippen molar-refractivity contribution in [1.29, 1.82) is 0 Å². The SMILES string of the molecule is CCCCOc1ccc(C(Cc2cccnc2)C(=O)NO)cc1. The van der Waals surface area contributed by atoms with Gasteiger partial charge >= 0.3 is 0 Å². The number of hydrogen-bond donors (Lipinski definition) is 2. The molecule has 1 heterocycles. The van der Waals surface area contributed by atoms with E-state index in [1.165, 1.54) is 0 Å². The first-order chi connectivity index (χ1) is 11.2. The molecule has 5 nitrogen and oxygen atoms in total. The lowest BCUT2D eigenvalue weighted by Gasteiger charge is -2.16. The highest BCUT2D eigenvalue weighted by Crippen LogP contribution is 2.23. The molecule has 1 atom stereocenters. The maximum absolute atomic E-state index is 12.0. The Hall–Kier alpha value is -2.40. The van der Waals surface area contributed by atoms with Crippen molar-refractivity contribution < 1.29 is 14.7 Å². The van der Waals surface area contributed by atoms with Crippen LogP contribution < -0.4 is 10.2 Å². The van der Waals surface area contributed by atoms with E-state index in [0.717, 1.165) is 29.7 Å². The van der Waals surface area contributed by atoms with Gasteiger partial charge in [0.1, 0.15) is 5.75 Å². The van der Waals surface area contributed by atoms with Gasteiger partial charge in [0.15, 0.2) is 0 Å². The fourth-order valence-corrected chi connectivity index (χ4v) is 2.33. The van der Waals surface area contributed by atoms with Gasteiger partial charge in [0.25, 0.3) is 5.91 Å². The number of ether oxygens (including phenoxy) is 1. The number of amides is 1. The monoisotopic (exact) mass is 314 g/mol. The van der Waals surface area contributed by atoms with Gasteiger partial charge in [-0.25, -0.2) is 5.48 Å². The lowest BCUT2D eigenvalue weighted by molar-refractivity contribution is -0.130. The number of pyridine rings is 1. The predicted molar refractivity (Wildman–Crippen MR) is 87.5 cm³/mol. The Morgan fingerprint density at radius 1 is 1.30 bits per heavy atom. The van der Waals surface area contributed by atoms with E-state index in [-0.39, 0.29) is 0 Å². The fourth-order valence-electron chi connectivity index (χ4n) is 2.33. The van der Waals surface area contributed by atoms with Gasteiger partial charge in [-0.3, -0.25) is 15.0 Å². The van der Waals surface area contributed by atoms with Gasteiger partial charge in [-0.15, -0.1) is 0 Å². The van der Waals surface area contributed by atoms with Gasteiger partial charge in [0, 0.05) is 12.4 Å². The normalized spacial score (nSPS) is 11.7. The second-order valence-corrected chi connectivity index (χ2v) is 5.37. The van der Waals surface area contributed by atoms with Gasteiger partial charge in [-0.2, -0.15) is 0 Å². The van der Waals surface area contributed by atoms with Crippen LogP contribution in [0.2, 0.25) is 0 Å². The van der Waals surface area contributed by atoms with E-state index in [1.807, 2.05) is 36.4 Å². The first kappa shape index (κ1) is 17.0. The highest BCUT2D eigenvalue weighted by Gasteiger charge is 2.21. The van der Waals surface area contributed by atoms with Crippen LogP contribution in [0.25, 0.3) is 0 Å². The van der Waals surface area contributed by atoms with E-state index in [0.29, 0.717) is 13.0 Å². The molecule has 0 bridgehead atoms. The van der Waals surface area contributed by atoms with Crippen molar-refractivity contribution in [2.24, 2.45) is 0 Å². The minimum Gasteiger partial charge on any atom is -0.494 e. The summed E-state index contributed by atoms with van der Waals surface area (Å²) < 4.78 is 5.63. The van der Waals surface area contributed by atoms with E-state index in [9.17, 15) is 4.79 Å².